The van der Waals surface area contributed by atoms with Crippen molar-refractivity contribution in [3.05, 3.63) is 71.0 Å². The Labute approximate surface area is 167 Å². The lowest BCUT2D eigenvalue weighted by molar-refractivity contribution is -0.115. The fourth-order valence-corrected chi connectivity index (χ4v) is 3.37. The predicted molar refractivity (Wildman–Crippen MR) is 112 cm³/mol. The van der Waals surface area contributed by atoms with Gasteiger partial charge in [0.05, 0.1) is 23.2 Å². The van der Waals surface area contributed by atoms with E-state index in [0.717, 1.165) is 5.56 Å². The number of rotatable bonds is 7. The highest BCUT2D eigenvalue weighted by atomic mass is 32.2. The smallest absolute Gasteiger partial charge is 0.252 e. The Kier molecular flexibility index (Phi) is 6.49. The third-order valence-electron chi connectivity index (χ3n) is 3.89. The van der Waals surface area contributed by atoms with Crippen LogP contribution in [0.15, 0.2) is 70.6 Å². The van der Waals surface area contributed by atoms with Gasteiger partial charge in [-0.3, -0.25) is 9.59 Å². The number of anilines is 1. The Bertz CT molecular complexity index is 1010. The van der Waals surface area contributed by atoms with E-state index in [9.17, 15) is 9.59 Å². The zero-order chi connectivity index (χ0) is 19.9. The Hall–Kier alpha value is -3.06. The minimum Gasteiger partial charge on any atom is -0.492 e. The van der Waals surface area contributed by atoms with Crippen LogP contribution in [0.4, 0.5) is 5.69 Å². The van der Waals surface area contributed by atoms with E-state index < -0.39 is 5.25 Å². The normalized spacial score (nSPS) is 11.6. The minimum atomic E-state index is -0.469. The van der Waals surface area contributed by atoms with Gasteiger partial charge in [0.15, 0.2) is 5.16 Å². The molecular weight excluding hydrogens is 374 g/mol. The summed E-state index contributed by atoms with van der Waals surface area (Å²) >= 11 is 1.19. The van der Waals surface area contributed by atoms with E-state index in [4.69, 9.17) is 4.74 Å². The van der Waals surface area contributed by atoms with Gasteiger partial charge < -0.3 is 15.0 Å². The first-order valence-electron chi connectivity index (χ1n) is 8.93. The molecule has 0 aliphatic rings. The molecule has 0 aliphatic heterocycles. The Balaban J connectivity index is 1.74. The second-order valence-electron chi connectivity index (χ2n) is 5.98. The number of nitrogens with one attached hydrogen (secondary N) is 2. The van der Waals surface area contributed by atoms with E-state index in [1.54, 1.807) is 19.1 Å². The number of ether oxygens (including phenoxy) is 1. The molecule has 0 bridgehead atoms. The van der Waals surface area contributed by atoms with E-state index in [2.05, 4.69) is 15.3 Å². The predicted octanol–water partition coefficient (Wildman–Crippen LogP) is 3.95. The molecule has 2 N–H and O–H groups in total. The molecule has 28 heavy (non-hydrogen) atoms. The van der Waals surface area contributed by atoms with Crippen LogP contribution in [0, 0.1) is 0 Å². The number of amides is 1. The molecule has 1 amide bonds. The molecular formula is C21H21N3O3S. The van der Waals surface area contributed by atoms with Gasteiger partial charge in [0, 0.05) is 11.6 Å². The SMILES string of the molecule is CCOc1ccccc1NC(=O)C(C)Sc1nc(-c2ccccc2)cc(=O)[nH]1. The van der Waals surface area contributed by atoms with Crippen molar-refractivity contribution in [3.8, 4) is 17.0 Å². The average molecular weight is 395 g/mol. The van der Waals surface area contributed by atoms with Gasteiger partial charge in [-0.25, -0.2) is 4.98 Å². The number of hydrogen-bond acceptors (Lipinski definition) is 5. The van der Waals surface area contributed by atoms with E-state index in [1.807, 2.05) is 49.4 Å². The largest absolute Gasteiger partial charge is 0.492 e. The maximum absolute atomic E-state index is 12.6. The van der Waals surface area contributed by atoms with Crippen LogP contribution in [0.3, 0.4) is 0 Å². The Morgan fingerprint density at radius 3 is 2.64 bits per heavy atom. The van der Waals surface area contributed by atoms with Crippen LogP contribution in [0.2, 0.25) is 0 Å². The van der Waals surface area contributed by atoms with Crippen molar-refractivity contribution in [1.82, 2.24) is 9.97 Å². The van der Waals surface area contributed by atoms with Crippen LogP contribution in [0.25, 0.3) is 11.3 Å². The van der Waals surface area contributed by atoms with Gasteiger partial charge in [0.25, 0.3) is 5.56 Å². The molecule has 7 heteroatoms. The summed E-state index contributed by atoms with van der Waals surface area (Å²) in [4.78, 5) is 31.8. The molecule has 0 spiro atoms. The lowest BCUT2D eigenvalue weighted by Gasteiger charge is -2.14. The highest BCUT2D eigenvalue weighted by molar-refractivity contribution is 8.00. The monoisotopic (exact) mass is 395 g/mol. The number of H-pyrrole nitrogens is 1. The van der Waals surface area contributed by atoms with Crippen LogP contribution in [-0.2, 0) is 4.79 Å². The topological polar surface area (TPSA) is 84.1 Å². The van der Waals surface area contributed by atoms with E-state index in [-0.39, 0.29) is 11.5 Å². The first-order valence-corrected chi connectivity index (χ1v) is 9.81. The molecule has 144 valence electrons. The van der Waals surface area contributed by atoms with E-state index in [0.29, 0.717) is 28.9 Å². The quantitative estimate of drug-likeness (QED) is 0.467. The summed E-state index contributed by atoms with van der Waals surface area (Å²) in [5, 5.41) is 2.80. The number of carbonyl (C=O) groups is 1. The molecule has 1 atom stereocenters. The molecule has 0 radical (unpaired) electrons. The zero-order valence-electron chi connectivity index (χ0n) is 15.6. The lowest BCUT2D eigenvalue weighted by atomic mass is 10.1. The van der Waals surface area contributed by atoms with Crippen molar-refractivity contribution >= 4 is 23.4 Å². The highest BCUT2D eigenvalue weighted by Gasteiger charge is 2.18. The number of para-hydroxylation sites is 2. The van der Waals surface area contributed by atoms with Crippen LogP contribution in [0.1, 0.15) is 13.8 Å². The number of nitrogens with zero attached hydrogens (tertiary/aromatic N) is 1. The summed E-state index contributed by atoms with van der Waals surface area (Å²) in [6.07, 6.45) is 0. The second-order valence-corrected chi connectivity index (χ2v) is 7.31. The Morgan fingerprint density at radius 2 is 1.89 bits per heavy atom. The summed E-state index contributed by atoms with van der Waals surface area (Å²) in [7, 11) is 0. The molecule has 0 saturated carbocycles. The maximum Gasteiger partial charge on any atom is 0.252 e. The van der Waals surface area contributed by atoms with Gasteiger partial charge in [-0.15, -0.1) is 0 Å². The van der Waals surface area contributed by atoms with Crippen LogP contribution in [-0.4, -0.2) is 27.7 Å². The lowest BCUT2D eigenvalue weighted by Crippen LogP contribution is -2.23. The molecule has 1 aromatic heterocycles. The molecule has 2 aromatic carbocycles. The van der Waals surface area contributed by atoms with Crippen LogP contribution < -0.4 is 15.6 Å². The van der Waals surface area contributed by atoms with Crippen molar-refractivity contribution in [2.45, 2.75) is 24.3 Å². The van der Waals surface area contributed by atoms with Crippen LogP contribution >= 0.6 is 11.8 Å². The molecule has 0 fully saturated rings. The van der Waals surface area contributed by atoms with Crippen molar-refractivity contribution < 1.29 is 9.53 Å². The maximum atomic E-state index is 12.6. The average Bonchev–Trinajstić information content (AvgIpc) is 2.70. The highest BCUT2D eigenvalue weighted by Crippen LogP contribution is 2.26. The van der Waals surface area contributed by atoms with Gasteiger partial charge >= 0.3 is 0 Å². The summed E-state index contributed by atoms with van der Waals surface area (Å²) in [6.45, 7) is 4.16. The second kappa shape index (κ2) is 9.23. The molecule has 3 rings (SSSR count). The van der Waals surface area contributed by atoms with Gasteiger partial charge in [-0.1, -0.05) is 54.2 Å². The molecule has 1 heterocycles. The fraction of sp³-hybridized carbons (Fsp3) is 0.190. The standard InChI is InChI=1S/C21H21N3O3S/c1-3-27-18-12-8-7-11-16(18)22-20(26)14(2)28-21-23-17(13-19(25)24-21)15-9-5-4-6-10-15/h4-14H,3H2,1-2H3,(H,22,26)(H,23,24,25). The van der Waals surface area contributed by atoms with Gasteiger partial charge in [-0.05, 0) is 26.0 Å². The fourth-order valence-electron chi connectivity index (χ4n) is 2.55. The molecule has 0 saturated heterocycles. The summed E-state index contributed by atoms with van der Waals surface area (Å²) in [5.41, 5.74) is 1.77. The Morgan fingerprint density at radius 1 is 1.18 bits per heavy atom. The summed E-state index contributed by atoms with van der Waals surface area (Å²) < 4.78 is 5.53. The zero-order valence-corrected chi connectivity index (χ0v) is 16.5. The van der Waals surface area contributed by atoms with E-state index >= 15 is 0 Å². The molecule has 1 unspecified atom stereocenters. The van der Waals surface area contributed by atoms with Crippen molar-refractivity contribution in [2.75, 3.05) is 11.9 Å². The van der Waals surface area contributed by atoms with Gasteiger partial charge in [0.1, 0.15) is 5.75 Å². The van der Waals surface area contributed by atoms with Crippen molar-refractivity contribution in [3.63, 3.8) is 0 Å². The third-order valence-corrected chi connectivity index (χ3v) is 4.88. The van der Waals surface area contributed by atoms with E-state index in [1.165, 1.54) is 17.8 Å². The molecule has 0 aliphatic carbocycles. The number of benzene rings is 2. The minimum absolute atomic E-state index is 0.204. The first kappa shape index (κ1) is 19.7. The molecule has 6 nitrogen and oxygen atoms in total. The van der Waals surface area contributed by atoms with Crippen molar-refractivity contribution in [1.29, 1.82) is 0 Å². The summed E-state index contributed by atoms with van der Waals surface area (Å²) in [5.74, 6) is 0.415. The number of carbonyl (C=O) groups excluding carboxylic acids is 1. The number of hydrogen-bond donors (Lipinski definition) is 2. The molecule has 3 aromatic rings. The number of thioether (sulfide) groups is 1. The van der Waals surface area contributed by atoms with Gasteiger partial charge in [0.2, 0.25) is 5.91 Å². The van der Waals surface area contributed by atoms with Crippen LogP contribution in [0.5, 0.6) is 5.75 Å². The number of aromatic nitrogens is 2. The van der Waals surface area contributed by atoms with Crippen molar-refractivity contribution in [2.24, 2.45) is 0 Å². The third kappa shape index (κ3) is 5.01. The first-order chi connectivity index (χ1) is 13.6. The summed E-state index contributed by atoms with van der Waals surface area (Å²) in [6, 6.07) is 18.2. The number of aromatic amines is 1. The van der Waals surface area contributed by atoms with Gasteiger partial charge in [-0.2, -0.15) is 0 Å².